The number of aliphatic hydroxyl groups excluding tert-OH is 1. The minimum Gasteiger partial charge on any atom is -0.392 e. The van der Waals surface area contributed by atoms with Crippen LogP contribution in [0.3, 0.4) is 0 Å². The van der Waals surface area contributed by atoms with Gasteiger partial charge in [-0.2, -0.15) is 0 Å². The molecule has 1 aromatic carbocycles. The van der Waals surface area contributed by atoms with E-state index in [1.165, 1.54) is 5.56 Å². The largest absolute Gasteiger partial charge is 0.392 e. The molecule has 0 radical (unpaired) electrons. The minimum atomic E-state index is -0.0302. The fourth-order valence-corrected chi connectivity index (χ4v) is 1.43. The summed E-state index contributed by atoms with van der Waals surface area (Å²) >= 11 is 0. The lowest BCUT2D eigenvalue weighted by molar-refractivity contribution is 0.0715. The molecular formula is C14H20O2. The summed E-state index contributed by atoms with van der Waals surface area (Å²) in [5.41, 5.74) is 1.15. The van der Waals surface area contributed by atoms with Gasteiger partial charge in [0.1, 0.15) is 0 Å². The van der Waals surface area contributed by atoms with Crippen LogP contribution >= 0.6 is 0 Å². The fraction of sp³-hybridized carbons (Fsp3) is 0.429. The van der Waals surface area contributed by atoms with Gasteiger partial charge in [-0.25, -0.2) is 0 Å². The quantitative estimate of drug-likeness (QED) is 0.747. The molecule has 0 saturated heterocycles. The fourth-order valence-electron chi connectivity index (χ4n) is 1.43. The number of hydrogen-bond acceptors (Lipinski definition) is 2. The Balaban J connectivity index is 2.32. The molecule has 0 amide bonds. The van der Waals surface area contributed by atoms with E-state index < -0.39 is 0 Å². The highest BCUT2D eigenvalue weighted by Crippen LogP contribution is 2.18. The van der Waals surface area contributed by atoms with Gasteiger partial charge >= 0.3 is 0 Å². The highest BCUT2D eigenvalue weighted by atomic mass is 16.5. The molecule has 2 nitrogen and oxygen atoms in total. The SMILES string of the molecule is CC(C)(/C=C/CO)COCc1ccccc1. The smallest absolute Gasteiger partial charge is 0.0717 e. The summed E-state index contributed by atoms with van der Waals surface area (Å²) in [5.74, 6) is 0. The molecule has 0 bridgehead atoms. The van der Waals surface area contributed by atoms with Crippen LogP contribution in [0, 0.1) is 5.41 Å². The van der Waals surface area contributed by atoms with Crippen molar-refractivity contribution >= 4 is 0 Å². The van der Waals surface area contributed by atoms with Gasteiger partial charge in [0.15, 0.2) is 0 Å². The van der Waals surface area contributed by atoms with Crippen molar-refractivity contribution in [1.29, 1.82) is 0 Å². The predicted molar refractivity (Wildman–Crippen MR) is 66.1 cm³/mol. The van der Waals surface area contributed by atoms with Crippen LogP contribution in [0.15, 0.2) is 42.5 Å². The standard InChI is InChI=1S/C14H20O2/c1-14(2,9-6-10-15)12-16-11-13-7-4-3-5-8-13/h3-9,15H,10-12H2,1-2H3/b9-6+. The van der Waals surface area contributed by atoms with Crippen molar-refractivity contribution in [1.82, 2.24) is 0 Å². The second-order valence-corrected chi connectivity index (χ2v) is 4.55. The maximum atomic E-state index is 8.71. The van der Waals surface area contributed by atoms with E-state index in [0.717, 1.165) is 0 Å². The summed E-state index contributed by atoms with van der Waals surface area (Å²) < 4.78 is 5.65. The normalized spacial score (nSPS) is 12.2. The summed E-state index contributed by atoms with van der Waals surface area (Å²) in [6.07, 6.45) is 3.74. The van der Waals surface area contributed by atoms with Gasteiger partial charge in [0.05, 0.1) is 19.8 Å². The Bertz CT molecular complexity index is 315. The molecule has 0 spiro atoms. The van der Waals surface area contributed by atoms with Gasteiger partial charge in [0.2, 0.25) is 0 Å². The van der Waals surface area contributed by atoms with E-state index in [1.807, 2.05) is 24.3 Å². The van der Waals surface area contributed by atoms with Gasteiger partial charge in [-0.1, -0.05) is 56.3 Å². The molecule has 88 valence electrons. The summed E-state index contributed by atoms with van der Waals surface area (Å²) in [6.45, 7) is 5.55. The second-order valence-electron chi connectivity index (χ2n) is 4.55. The van der Waals surface area contributed by atoms with E-state index in [-0.39, 0.29) is 12.0 Å². The Morgan fingerprint density at radius 1 is 1.25 bits per heavy atom. The molecule has 0 saturated carbocycles. The Morgan fingerprint density at radius 3 is 2.56 bits per heavy atom. The monoisotopic (exact) mass is 220 g/mol. The molecule has 1 aromatic rings. The zero-order chi connectivity index (χ0) is 11.9. The molecule has 0 aliphatic rings. The summed E-state index contributed by atoms with van der Waals surface area (Å²) in [6, 6.07) is 10.1. The molecular weight excluding hydrogens is 200 g/mol. The third kappa shape index (κ3) is 5.10. The topological polar surface area (TPSA) is 29.5 Å². The minimum absolute atomic E-state index is 0.0302. The van der Waals surface area contributed by atoms with Crippen LogP contribution < -0.4 is 0 Å². The van der Waals surface area contributed by atoms with Crippen molar-refractivity contribution in [3.63, 3.8) is 0 Å². The van der Waals surface area contributed by atoms with Crippen molar-refractivity contribution in [2.24, 2.45) is 5.41 Å². The predicted octanol–water partition coefficient (Wildman–Crippen LogP) is 2.78. The van der Waals surface area contributed by atoms with Gasteiger partial charge < -0.3 is 9.84 Å². The molecule has 0 fully saturated rings. The maximum Gasteiger partial charge on any atom is 0.0717 e. The zero-order valence-corrected chi connectivity index (χ0v) is 10.0. The molecule has 0 aromatic heterocycles. The van der Waals surface area contributed by atoms with Crippen molar-refractivity contribution in [2.75, 3.05) is 13.2 Å². The lowest BCUT2D eigenvalue weighted by Gasteiger charge is -2.20. The molecule has 16 heavy (non-hydrogen) atoms. The molecule has 1 rings (SSSR count). The van der Waals surface area contributed by atoms with Crippen LogP contribution in [0.4, 0.5) is 0 Å². The molecule has 1 N–H and O–H groups in total. The number of benzene rings is 1. The van der Waals surface area contributed by atoms with E-state index in [0.29, 0.717) is 13.2 Å². The Kier molecular flexibility index (Phi) is 5.23. The molecule has 2 heteroatoms. The molecule has 0 unspecified atom stereocenters. The molecule has 0 atom stereocenters. The summed E-state index contributed by atoms with van der Waals surface area (Å²) in [5, 5.41) is 8.71. The van der Waals surface area contributed by atoms with Crippen LogP contribution in [-0.2, 0) is 11.3 Å². The van der Waals surface area contributed by atoms with Gasteiger partial charge in [0, 0.05) is 5.41 Å². The van der Waals surface area contributed by atoms with Crippen LogP contribution in [0.25, 0.3) is 0 Å². The lowest BCUT2D eigenvalue weighted by Crippen LogP contribution is -2.16. The zero-order valence-electron chi connectivity index (χ0n) is 10.0. The van der Waals surface area contributed by atoms with Crippen molar-refractivity contribution in [3.8, 4) is 0 Å². The molecule has 0 aliphatic carbocycles. The third-order valence-electron chi connectivity index (χ3n) is 2.26. The van der Waals surface area contributed by atoms with E-state index in [2.05, 4.69) is 26.0 Å². The second kappa shape index (κ2) is 6.46. The Morgan fingerprint density at radius 2 is 1.94 bits per heavy atom. The molecule has 0 heterocycles. The van der Waals surface area contributed by atoms with Crippen LogP contribution in [0.5, 0.6) is 0 Å². The Labute approximate surface area is 97.6 Å². The van der Waals surface area contributed by atoms with Crippen molar-refractivity contribution in [2.45, 2.75) is 20.5 Å². The first-order chi connectivity index (χ1) is 7.64. The van der Waals surface area contributed by atoms with Gasteiger partial charge in [-0.3, -0.25) is 0 Å². The van der Waals surface area contributed by atoms with E-state index in [4.69, 9.17) is 9.84 Å². The number of rotatable bonds is 6. The first kappa shape index (κ1) is 12.9. The highest BCUT2D eigenvalue weighted by Gasteiger charge is 2.13. The van der Waals surface area contributed by atoms with E-state index in [1.54, 1.807) is 6.08 Å². The lowest BCUT2D eigenvalue weighted by atomic mass is 9.94. The van der Waals surface area contributed by atoms with Gasteiger partial charge in [0.25, 0.3) is 0 Å². The van der Waals surface area contributed by atoms with Crippen molar-refractivity contribution in [3.05, 3.63) is 48.0 Å². The van der Waals surface area contributed by atoms with E-state index in [9.17, 15) is 0 Å². The summed E-state index contributed by atoms with van der Waals surface area (Å²) in [7, 11) is 0. The van der Waals surface area contributed by atoms with Gasteiger partial charge in [-0.15, -0.1) is 0 Å². The maximum absolute atomic E-state index is 8.71. The van der Waals surface area contributed by atoms with Crippen molar-refractivity contribution < 1.29 is 9.84 Å². The average molecular weight is 220 g/mol. The van der Waals surface area contributed by atoms with Crippen LogP contribution in [0.2, 0.25) is 0 Å². The number of hydrogen-bond donors (Lipinski definition) is 1. The Hall–Kier alpha value is -1.12. The number of ether oxygens (including phenoxy) is 1. The average Bonchev–Trinajstić information content (AvgIpc) is 2.28. The number of aliphatic hydroxyl groups is 1. The van der Waals surface area contributed by atoms with Gasteiger partial charge in [-0.05, 0) is 5.56 Å². The first-order valence-electron chi connectivity index (χ1n) is 5.54. The van der Waals surface area contributed by atoms with E-state index >= 15 is 0 Å². The highest BCUT2D eigenvalue weighted by molar-refractivity contribution is 5.13. The van der Waals surface area contributed by atoms with Crippen LogP contribution in [0.1, 0.15) is 19.4 Å². The third-order valence-corrected chi connectivity index (χ3v) is 2.26. The molecule has 0 aliphatic heterocycles. The first-order valence-corrected chi connectivity index (χ1v) is 5.54. The van der Waals surface area contributed by atoms with Crippen LogP contribution in [-0.4, -0.2) is 18.3 Å². The summed E-state index contributed by atoms with van der Waals surface area (Å²) in [4.78, 5) is 0.